The minimum absolute atomic E-state index is 0.0937. The molecule has 2 N–H and O–H groups in total. The summed E-state index contributed by atoms with van der Waals surface area (Å²) in [5, 5.41) is 1.03. The van der Waals surface area contributed by atoms with Gasteiger partial charge in [0.15, 0.2) is 5.13 Å². The molecule has 0 aliphatic heterocycles. The Bertz CT molecular complexity index is 265. The van der Waals surface area contributed by atoms with Crippen molar-refractivity contribution in [2.75, 3.05) is 19.0 Å². The van der Waals surface area contributed by atoms with E-state index in [1.807, 2.05) is 32.8 Å². The van der Waals surface area contributed by atoms with E-state index in [0.29, 0.717) is 0 Å². The van der Waals surface area contributed by atoms with Crippen LogP contribution in [0.3, 0.4) is 0 Å². The lowest BCUT2D eigenvalue weighted by atomic mass is 10.2. The summed E-state index contributed by atoms with van der Waals surface area (Å²) in [4.78, 5) is 7.58. The van der Waals surface area contributed by atoms with Crippen molar-refractivity contribution in [1.82, 2.24) is 4.98 Å². The van der Waals surface area contributed by atoms with E-state index in [9.17, 15) is 0 Å². The Morgan fingerprint density at radius 1 is 1.50 bits per heavy atom. The Balaban J connectivity index is 3.00. The second kappa shape index (κ2) is 3.41. The van der Waals surface area contributed by atoms with E-state index in [4.69, 9.17) is 5.73 Å². The highest BCUT2D eigenvalue weighted by Gasteiger charge is 2.11. The molecule has 0 radical (unpaired) electrons. The minimum Gasteiger partial charge on any atom is -0.354 e. The second-order valence-electron chi connectivity index (χ2n) is 3.13. The molecule has 1 aromatic heterocycles. The van der Waals surface area contributed by atoms with Crippen LogP contribution in [0.2, 0.25) is 0 Å². The van der Waals surface area contributed by atoms with E-state index < -0.39 is 0 Å². The van der Waals surface area contributed by atoms with Gasteiger partial charge in [-0.15, -0.1) is 11.3 Å². The average molecular weight is 185 g/mol. The van der Waals surface area contributed by atoms with Crippen LogP contribution in [-0.2, 0) is 0 Å². The summed E-state index contributed by atoms with van der Waals surface area (Å²) in [5.41, 5.74) is 6.83. The highest BCUT2D eigenvalue weighted by Crippen LogP contribution is 2.28. The molecule has 68 valence electrons. The van der Waals surface area contributed by atoms with Crippen molar-refractivity contribution in [1.29, 1.82) is 0 Å². The number of nitrogens with two attached hydrogens (primary N) is 1. The van der Waals surface area contributed by atoms with Crippen molar-refractivity contribution in [3.8, 4) is 0 Å². The van der Waals surface area contributed by atoms with Crippen LogP contribution in [0.4, 0.5) is 5.13 Å². The third-order valence-electron chi connectivity index (χ3n) is 1.62. The van der Waals surface area contributed by atoms with E-state index in [1.165, 1.54) is 4.88 Å². The van der Waals surface area contributed by atoms with Crippen LogP contribution in [0.1, 0.15) is 23.5 Å². The van der Waals surface area contributed by atoms with Crippen molar-refractivity contribution in [3.63, 3.8) is 0 Å². The van der Waals surface area contributed by atoms with Gasteiger partial charge in [0.1, 0.15) is 0 Å². The number of thiazole rings is 1. The summed E-state index contributed by atoms with van der Waals surface area (Å²) in [6.07, 6.45) is 0. The SMILES string of the molecule is Cc1nc(N(C)C)sc1[C@@H](C)N. The van der Waals surface area contributed by atoms with Crippen LogP contribution in [-0.4, -0.2) is 19.1 Å². The Morgan fingerprint density at radius 3 is 2.33 bits per heavy atom. The third-order valence-corrected chi connectivity index (χ3v) is 3.14. The zero-order valence-corrected chi connectivity index (χ0v) is 8.77. The van der Waals surface area contributed by atoms with E-state index in [2.05, 4.69) is 4.98 Å². The van der Waals surface area contributed by atoms with E-state index in [1.54, 1.807) is 11.3 Å². The lowest BCUT2D eigenvalue weighted by Gasteiger charge is -2.05. The average Bonchev–Trinajstić information content (AvgIpc) is 2.30. The van der Waals surface area contributed by atoms with Gasteiger partial charge in [-0.2, -0.15) is 0 Å². The van der Waals surface area contributed by atoms with Gasteiger partial charge in [-0.3, -0.25) is 0 Å². The molecule has 0 aliphatic rings. The topological polar surface area (TPSA) is 42.2 Å². The molecule has 1 heterocycles. The largest absolute Gasteiger partial charge is 0.354 e. The number of hydrogen-bond acceptors (Lipinski definition) is 4. The zero-order chi connectivity index (χ0) is 9.30. The first kappa shape index (κ1) is 9.48. The molecule has 0 fully saturated rings. The summed E-state index contributed by atoms with van der Waals surface area (Å²) in [6.45, 7) is 3.99. The standard InChI is InChI=1S/C8H15N3S/c1-5(9)7-6(2)10-8(12-7)11(3)4/h5H,9H2,1-4H3/t5-/m1/s1. The Kier molecular flexibility index (Phi) is 2.69. The molecule has 0 saturated carbocycles. The molecule has 0 unspecified atom stereocenters. The van der Waals surface area contributed by atoms with Gasteiger partial charge in [0.05, 0.1) is 5.69 Å². The highest BCUT2D eigenvalue weighted by atomic mass is 32.1. The van der Waals surface area contributed by atoms with Crippen molar-refractivity contribution in [3.05, 3.63) is 10.6 Å². The van der Waals surface area contributed by atoms with Gasteiger partial charge in [-0.05, 0) is 13.8 Å². The molecule has 4 heteroatoms. The summed E-state index contributed by atoms with van der Waals surface area (Å²) in [7, 11) is 3.98. The first-order valence-electron chi connectivity index (χ1n) is 3.92. The van der Waals surface area contributed by atoms with Crippen LogP contribution in [0.15, 0.2) is 0 Å². The Labute approximate surface area is 77.2 Å². The first-order valence-corrected chi connectivity index (χ1v) is 4.74. The molecule has 1 atom stereocenters. The maximum absolute atomic E-state index is 5.78. The van der Waals surface area contributed by atoms with E-state index in [0.717, 1.165) is 10.8 Å². The van der Waals surface area contributed by atoms with Crippen LogP contribution in [0, 0.1) is 6.92 Å². The zero-order valence-electron chi connectivity index (χ0n) is 7.96. The maximum atomic E-state index is 5.78. The molecule has 3 nitrogen and oxygen atoms in total. The second-order valence-corrected chi connectivity index (χ2v) is 4.14. The summed E-state index contributed by atoms with van der Waals surface area (Å²) >= 11 is 1.67. The third kappa shape index (κ3) is 1.76. The van der Waals surface area contributed by atoms with Gasteiger partial charge >= 0.3 is 0 Å². The number of aryl methyl sites for hydroxylation is 1. The molecule has 1 aromatic rings. The molecule has 0 spiro atoms. The van der Waals surface area contributed by atoms with Crippen molar-refractivity contribution in [2.24, 2.45) is 5.73 Å². The van der Waals surface area contributed by atoms with E-state index in [-0.39, 0.29) is 6.04 Å². The molecule has 0 aliphatic carbocycles. The molecule has 0 aromatic carbocycles. The van der Waals surface area contributed by atoms with Crippen molar-refractivity contribution < 1.29 is 0 Å². The quantitative estimate of drug-likeness (QED) is 0.760. The summed E-state index contributed by atoms with van der Waals surface area (Å²) < 4.78 is 0. The molecular formula is C8H15N3S. The van der Waals surface area contributed by atoms with Crippen LogP contribution < -0.4 is 10.6 Å². The van der Waals surface area contributed by atoms with Crippen molar-refractivity contribution in [2.45, 2.75) is 19.9 Å². The van der Waals surface area contributed by atoms with Gasteiger partial charge in [0.25, 0.3) is 0 Å². The van der Waals surface area contributed by atoms with Crippen LogP contribution in [0.5, 0.6) is 0 Å². The lowest BCUT2D eigenvalue weighted by Crippen LogP contribution is -2.07. The number of nitrogens with zero attached hydrogens (tertiary/aromatic N) is 2. The summed E-state index contributed by atoms with van der Waals surface area (Å²) in [6, 6.07) is 0.0937. The van der Waals surface area contributed by atoms with Gasteiger partial charge in [0, 0.05) is 25.0 Å². The van der Waals surface area contributed by atoms with Crippen LogP contribution in [0.25, 0.3) is 0 Å². The minimum atomic E-state index is 0.0937. The summed E-state index contributed by atoms with van der Waals surface area (Å²) in [5.74, 6) is 0. The fraction of sp³-hybridized carbons (Fsp3) is 0.625. The predicted molar refractivity (Wildman–Crippen MR) is 53.8 cm³/mol. The Morgan fingerprint density at radius 2 is 2.08 bits per heavy atom. The molecule has 1 rings (SSSR count). The number of anilines is 1. The molecule has 0 saturated heterocycles. The fourth-order valence-corrected chi connectivity index (χ4v) is 1.95. The first-order chi connectivity index (χ1) is 5.52. The van der Waals surface area contributed by atoms with Crippen molar-refractivity contribution >= 4 is 16.5 Å². The molecular weight excluding hydrogens is 170 g/mol. The number of hydrogen-bond donors (Lipinski definition) is 1. The smallest absolute Gasteiger partial charge is 0.185 e. The highest BCUT2D eigenvalue weighted by molar-refractivity contribution is 7.15. The van der Waals surface area contributed by atoms with Gasteiger partial charge in [-0.25, -0.2) is 4.98 Å². The van der Waals surface area contributed by atoms with Gasteiger partial charge in [0.2, 0.25) is 0 Å². The van der Waals surface area contributed by atoms with E-state index >= 15 is 0 Å². The number of aromatic nitrogens is 1. The normalized spacial score (nSPS) is 13.1. The Hall–Kier alpha value is -0.610. The number of rotatable bonds is 2. The molecule has 0 amide bonds. The molecule has 0 bridgehead atoms. The van der Waals surface area contributed by atoms with Crippen LogP contribution >= 0.6 is 11.3 Å². The van der Waals surface area contributed by atoms with Gasteiger partial charge < -0.3 is 10.6 Å². The monoisotopic (exact) mass is 185 g/mol. The lowest BCUT2D eigenvalue weighted by molar-refractivity contribution is 0.825. The predicted octanol–water partition coefficient (Wildman–Crippen LogP) is 1.54. The maximum Gasteiger partial charge on any atom is 0.185 e. The van der Waals surface area contributed by atoms with Gasteiger partial charge in [-0.1, -0.05) is 0 Å². The molecule has 12 heavy (non-hydrogen) atoms. The fourth-order valence-electron chi connectivity index (χ4n) is 1.01.